The largest absolute Gasteiger partial charge is 0.369 e. The van der Waals surface area contributed by atoms with Crippen molar-refractivity contribution < 1.29 is 0 Å². The van der Waals surface area contributed by atoms with E-state index in [4.69, 9.17) is 5.73 Å². The van der Waals surface area contributed by atoms with Crippen molar-refractivity contribution in [1.29, 1.82) is 0 Å². The first-order chi connectivity index (χ1) is 11.3. The second-order valence-corrected chi connectivity index (χ2v) is 5.21. The highest BCUT2D eigenvalue weighted by atomic mass is 15.3. The number of anilines is 1. The molecule has 114 valence electrons. The lowest BCUT2D eigenvalue weighted by Gasteiger charge is -2.24. The Labute approximate surface area is 136 Å². The summed E-state index contributed by atoms with van der Waals surface area (Å²) >= 11 is 0. The van der Waals surface area contributed by atoms with Gasteiger partial charge in [0.1, 0.15) is 0 Å². The van der Waals surface area contributed by atoms with Crippen molar-refractivity contribution >= 4 is 17.3 Å². The fraction of sp³-hybridized carbons (Fsp3) is 0.0500. The van der Waals surface area contributed by atoms with E-state index in [9.17, 15) is 0 Å². The lowest BCUT2D eigenvalue weighted by molar-refractivity contribution is 0.992. The number of benzene rings is 3. The normalized spacial score (nSPS) is 11.2. The van der Waals surface area contributed by atoms with E-state index in [1.807, 2.05) is 83.8 Å². The molecule has 0 heterocycles. The summed E-state index contributed by atoms with van der Waals surface area (Å²) in [7, 11) is 0. The van der Waals surface area contributed by atoms with Gasteiger partial charge in [0, 0.05) is 5.69 Å². The summed E-state index contributed by atoms with van der Waals surface area (Å²) in [5, 5.41) is 0. The van der Waals surface area contributed by atoms with Gasteiger partial charge in [0.25, 0.3) is 0 Å². The molecule has 0 aliphatic carbocycles. The number of rotatable bonds is 4. The predicted molar refractivity (Wildman–Crippen MR) is 96.8 cm³/mol. The van der Waals surface area contributed by atoms with Crippen molar-refractivity contribution in [3.63, 3.8) is 0 Å². The van der Waals surface area contributed by atoms with Crippen LogP contribution in [0.4, 0.5) is 11.4 Å². The molecule has 0 radical (unpaired) electrons. The average Bonchev–Trinajstić information content (AvgIpc) is 2.62. The van der Waals surface area contributed by atoms with Crippen LogP contribution in [0.5, 0.6) is 0 Å². The molecule has 0 aromatic heterocycles. The van der Waals surface area contributed by atoms with Gasteiger partial charge in [-0.2, -0.15) is 0 Å². The standard InChI is InChI=1S/C20H19N3/c21-20(22-18-12-6-2-7-13-18)23(19-14-8-3-9-15-19)16-17-10-4-1-5-11-17/h1-15H,16H2,(H2,21,22). The minimum absolute atomic E-state index is 0.478. The molecule has 0 bridgehead atoms. The Bertz CT molecular complexity index is 753. The van der Waals surface area contributed by atoms with E-state index in [2.05, 4.69) is 17.1 Å². The Morgan fingerprint density at radius 1 is 0.739 bits per heavy atom. The minimum atomic E-state index is 0.478. The molecular formula is C20H19N3. The lowest BCUT2D eigenvalue weighted by Crippen LogP contribution is -2.36. The van der Waals surface area contributed by atoms with Crippen molar-refractivity contribution in [2.75, 3.05) is 4.90 Å². The Morgan fingerprint density at radius 2 is 1.26 bits per heavy atom. The smallest absolute Gasteiger partial charge is 0.201 e. The number of aliphatic imine (C=N–C) groups is 1. The van der Waals surface area contributed by atoms with Gasteiger partial charge in [-0.05, 0) is 29.8 Å². The van der Waals surface area contributed by atoms with Crippen LogP contribution >= 0.6 is 0 Å². The first-order valence-corrected chi connectivity index (χ1v) is 7.58. The molecule has 0 saturated heterocycles. The van der Waals surface area contributed by atoms with Crippen LogP contribution in [0, 0.1) is 0 Å². The van der Waals surface area contributed by atoms with E-state index in [1.165, 1.54) is 5.56 Å². The van der Waals surface area contributed by atoms with Crippen LogP contribution in [-0.4, -0.2) is 5.96 Å². The van der Waals surface area contributed by atoms with Gasteiger partial charge >= 0.3 is 0 Å². The highest BCUT2D eigenvalue weighted by Crippen LogP contribution is 2.18. The molecule has 3 heteroatoms. The maximum absolute atomic E-state index is 6.31. The van der Waals surface area contributed by atoms with E-state index >= 15 is 0 Å². The third kappa shape index (κ3) is 3.98. The average molecular weight is 301 g/mol. The maximum atomic E-state index is 6.31. The van der Waals surface area contributed by atoms with Gasteiger partial charge in [-0.1, -0.05) is 66.7 Å². The third-order valence-electron chi connectivity index (χ3n) is 3.53. The van der Waals surface area contributed by atoms with Crippen LogP contribution in [0.15, 0.2) is 96.0 Å². The number of guanidine groups is 1. The van der Waals surface area contributed by atoms with Gasteiger partial charge in [0.05, 0.1) is 12.2 Å². The van der Waals surface area contributed by atoms with E-state index in [0.717, 1.165) is 11.4 Å². The lowest BCUT2D eigenvalue weighted by atomic mass is 10.2. The summed E-state index contributed by atoms with van der Waals surface area (Å²) in [6.45, 7) is 0.674. The Balaban J connectivity index is 1.93. The quantitative estimate of drug-likeness (QED) is 0.575. The Hall–Kier alpha value is -3.07. The first-order valence-electron chi connectivity index (χ1n) is 7.58. The SMILES string of the molecule is NC(=Nc1ccccc1)N(Cc1ccccc1)c1ccccc1. The molecule has 0 aliphatic heterocycles. The molecule has 3 nitrogen and oxygen atoms in total. The molecule has 23 heavy (non-hydrogen) atoms. The molecule has 0 unspecified atom stereocenters. The molecule has 0 atom stereocenters. The summed E-state index contributed by atoms with van der Waals surface area (Å²) < 4.78 is 0. The summed E-state index contributed by atoms with van der Waals surface area (Å²) in [5.74, 6) is 0.478. The summed E-state index contributed by atoms with van der Waals surface area (Å²) in [4.78, 5) is 6.57. The number of nitrogens with zero attached hydrogens (tertiary/aromatic N) is 2. The molecule has 2 N–H and O–H groups in total. The first kappa shape index (κ1) is 14.9. The maximum Gasteiger partial charge on any atom is 0.201 e. The number of nitrogens with two attached hydrogens (primary N) is 1. The van der Waals surface area contributed by atoms with Gasteiger partial charge in [0.15, 0.2) is 0 Å². The fourth-order valence-electron chi connectivity index (χ4n) is 2.37. The zero-order chi connectivity index (χ0) is 15.9. The number of hydrogen-bond acceptors (Lipinski definition) is 1. The van der Waals surface area contributed by atoms with Crippen molar-refractivity contribution in [2.24, 2.45) is 10.7 Å². The molecule has 0 spiro atoms. The summed E-state index contributed by atoms with van der Waals surface area (Å²) in [6.07, 6.45) is 0. The van der Waals surface area contributed by atoms with E-state index in [0.29, 0.717) is 12.5 Å². The van der Waals surface area contributed by atoms with Crippen LogP contribution in [0.25, 0.3) is 0 Å². The van der Waals surface area contributed by atoms with E-state index in [-0.39, 0.29) is 0 Å². The second-order valence-electron chi connectivity index (χ2n) is 5.21. The van der Waals surface area contributed by atoms with Crippen LogP contribution in [0.1, 0.15) is 5.56 Å². The molecule has 0 amide bonds. The van der Waals surface area contributed by atoms with Crippen molar-refractivity contribution in [3.05, 3.63) is 96.6 Å². The highest BCUT2D eigenvalue weighted by Gasteiger charge is 2.11. The van der Waals surface area contributed by atoms with Gasteiger partial charge in [-0.3, -0.25) is 0 Å². The third-order valence-corrected chi connectivity index (χ3v) is 3.53. The van der Waals surface area contributed by atoms with Crippen LogP contribution in [0.3, 0.4) is 0 Å². The monoisotopic (exact) mass is 301 g/mol. The number of para-hydroxylation sites is 2. The highest BCUT2D eigenvalue weighted by molar-refractivity contribution is 5.96. The number of hydrogen-bond donors (Lipinski definition) is 1. The van der Waals surface area contributed by atoms with Gasteiger partial charge in [-0.15, -0.1) is 0 Å². The zero-order valence-corrected chi connectivity index (χ0v) is 12.8. The zero-order valence-electron chi connectivity index (χ0n) is 12.8. The fourth-order valence-corrected chi connectivity index (χ4v) is 2.37. The molecule has 0 fully saturated rings. The minimum Gasteiger partial charge on any atom is -0.369 e. The van der Waals surface area contributed by atoms with Crippen molar-refractivity contribution in [3.8, 4) is 0 Å². The van der Waals surface area contributed by atoms with Crippen molar-refractivity contribution in [2.45, 2.75) is 6.54 Å². The molecule has 3 aromatic rings. The van der Waals surface area contributed by atoms with Crippen LogP contribution < -0.4 is 10.6 Å². The Kier molecular flexibility index (Phi) is 4.69. The summed E-state index contributed by atoms with van der Waals surface area (Å²) in [6, 6.07) is 30.1. The topological polar surface area (TPSA) is 41.6 Å². The molecule has 3 rings (SSSR count). The second kappa shape index (κ2) is 7.27. The molecular weight excluding hydrogens is 282 g/mol. The van der Waals surface area contributed by atoms with Gasteiger partial charge in [0.2, 0.25) is 5.96 Å². The van der Waals surface area contributed by atoms with Gasteiger partial charge in [-0.25, -0.2) is 4.99 Å². The van der Waals surface area contributed by atoms with Gasteiger partial charge < -0.3 is 10.6 Å². The van der Waals surface area contributed by atoms with Crippen LogP contribution in [-0.2, 0) is 6.54 Å². The van der Waals surface area contributed by atoms with E-state index < -0.39 is 0 Å². The molecule has 0 aliphatic rings. The Morgan fingerprint density at radius 3 is 1.87 bits per heavy atom. The predicted octanol–water partition coefficient (Wildman–Crippen LogP) is 4.34. The summed E-state index contributed by atoms with van der Waals surface area (Å²) in [5.41, 5.74) is 9.36. The van der Waals surface area contributed by atoms with Crippen molar-refractivity contribution in [1.82, 2.24) is 0 Å². The van der Waals surface area contributed by atoms with Crippen LogP contribution in [0.2, 0.25) is 0 Å². The molecule has 3 aromatic carbocycles. The van der Waals surface area contributed by atoms with E-state index in [1.54, 1.807) is 0 Å². The molecule has 0 saturated carbocycles.